The summed E-state index contributed by atoms with van der Waals surface area (Å²) in [6, 6.07) is 8.02. The van der Waals surface area contributed by atoms with Gasteiger partial charge < -0.3 is 19.9 Å². The first kappa shape index (κ1) is 18.0. The molecular formula is C17H22BrNO4. The number of allylic oxidation sites excluding steroid dienone is 1. The van der Waals surface area contributed by atoms with Gasteiger partial charge in [-0.05, 0) is 36.6 Å². The van der Waals surface area contributed by atoms with E-state index in [1.807, 2.05) is 30.3 Å². The standard InChI is InChI=1S/C17H22BrNO4/c1-19-17(21)15-10-13(12-4-6-14(18)7-5-12)11-16(23-15)22-9-3-2-8-20/h4-7,10,13,16,20H,2-3,8-9,11H2,1H3,(H,19,21)/t13-,16+/m0/s1. The molecule has 1 aromatic carbocycles. The number of halogens is 1. The Kier molecular flexibility index (Phi) is 7.08. The van der Waals surface area contributed by atoms with E-state index in [-0.39, 0.29) is 18.4 Å². The first-order chi connectivity index (χ1) is 11.1. The number of rotatable bonds is 7. The number of carbonyl (C=O) groups excluding carboxylic acids is 1. The van der Waals surface area contributed by atoms with E-state index < -0.39 is 6.29 Å². The molecule has 126 valence electrons. The molecule has 5 nitrogen and oxygen atoms in total. The van der Waals surface area contributed by atoms with Crippen molar-refractivity contribution in [1.29, 1.82) is 0 Å². The number of nitrogens with one attached hydrogen (secondary N) is 1. The molecule has 0 fully saturated rings. The zero-order valence-electron chi connectivity index (χ0n) is 13.1. The van der Waals surface area contributed by atoms with Crippen LogP contribution in [0.1, 0.15) is 30.7 Å². The molecule has 2 atom stereocenters. The molecule has 1 amide bonds. The summed E-state index contributed by atoms with van der Waals surface area (Å²) in [5, 5.41) is 11.4. The van der Waals surface area contributed by atoms with Gasteiger partial charge in [0.1, 0.15) is 0 Å². The van der Waals surface area contributed by atoms with Crippen molar-refractivity contribution in [3.63, 3.8) is 0 Å². The lowest BCUT2D eigenvalue weighted by atomic mass is 9.93. The molecule has 0 aliphatic carbocycles. The van der Waals surface area contributed by atoms with Crippen molar-refractivity contribution < 1.29 is 19.4 Å². The van der Waals surface area contributed by atoms with Crippen molar-refractivity contribution in [2.45, 2.75) is 31.5 Å². The summed E-state index contributed by atoms with van der Waals surface area (Å²) in [5.41, 5.74) is 1.11. The number of carbonyl (C=O) groups is 1. The van der Waals surface area contributed by atoms with Crippen LogP contribution in [0.4, 0.5) is 0 Å². The van der Waals surface area contributed by atoms with Crippen LogP contribution in [-0.2, 0) is 14.3 Å². The molecule has 23 heavy (non-hydrogen) atoms. The van der Waals surface area contributed by atoms with E-state index in [0.29, 0.717) is 25.2 Å². The predicted molar refractivity (Wildman–Crippen MR) is 90.8 cm³/mol. The van der Waals surface area contributed by atoms with Gasteiger partial charge in [-0.2, -0.15) is 0 Å². The normalized spacial score (nSPS) is 20.6. The molecule has 0 aromatic heterocycles. The fraction of sp³-hybridized carbons (Fsp3) is 0.471. The Balaban J connectivity index is 2.09. The summed E-state index contributed by atoms with van der Waals surface area (Å²) in [7, 11) is 1.58. The molecule has 0 saturated heterocycles. The maximum Gasteiger partial charge on any atom is 0.285 e. The lowest BCUT2D eigenvalue weighted by molar-refractivity contribution is -0.146. The number of hydrogen-bond donors (Lipinski definition) is 2. The number of unbranched alkanes of at least 4 members (excludes halogenated alkanes) is 1. The van der Waals surface area contributed by atoms with Gasteiger partial charge in [0.15, 0.2) is 5.76 Å². The molecule has 2 N–H and O–H groups in total. The van der Waals surface area contributed by atoms with E-state index in [2.05, 4.69) is 21.2 Å². The molecule has 2 rings (SSSR count). The summed E-state index contributed by atoms with van der Waals surface area (Å²) < 4.78 is 12.4. The average molecular weight is 384 g/mol. The molecular weight excluding hydrogens is 362 g/mol. The minimum Gasteiger partial charge on any atom is -0.459 e. The van der Waals surface area contributed by atoms with Gasteiger partial charge in [0.05, 0.1) is 6.61 Å². The molecule has 0 radical (unpaired) electrons. The Morgan fingerprint density at radius 1 is 1.39 bits per heavy atom. The van der Waals surface area contributed by atoms with Gasteiger partial charge in [-0.1, -0.05) is 28.1 Å². The monoisotopic (exact) mass is 383 g/mol. The van der Waals surface area contributed by atoms with Crippen LogP contribution < -0.4 is 5.32 Å². The predicted octanol–water partition coefficient (Wildman–Crippen LogP) is 2.70. The van der Waals surface area contributed by atoms with Crippen LogP contribution in [0, 0.1) is 0 Å². The second-order valence-corrected chi connectivity index (χ2v) is 6.27. The third-order valence-electron chi connectivity index (χ3n) is 3.66. The van der Waals surface area contributed by atoms with Gasteiger partial charge in [-0.3, -0.25) is 4.79 Å². The topological polar surface area (TPSA) is 67.8 Å². The second kappa shape index (κ2) is 9.05. The van der Waals surface area contributed by atoms with Crippen LogP contribution in [0.5, 0.6) is 0 Å². The Morgan fingerprint density at radius 2 is 2.13 bits per heavy atom. The first-order valence-electron chi connectivity index (χ1n) is 7.72. The largest absolute Gasteiger partial charge is 0.459 e. The summed E-state index contributed by atoms with van der Waals surface area (Å²) in [6.45, 7) is 0.652. The van der Waals surface area contributed by atoms with Gasteiger partial charge >= 0.3 is 0 Å². The third-order valence-corrected chi connectivity index (χ3v) is 4.19. The summed E-state index contributed by atoms with van der Waals surface area (Å²) >= 11 is 3.43. The lowest BCUT2D eigenvalue weighted by Gasteiger charge is -2.29. The van der Waals surface area contributed by atoms with E-state index in [4.69, 9.17) is 14.6 Å². The minimum absolute atomic E-state index is 0.0620. The number of likely N-dealkylation sites (N-methyl/N-ethyl adjacent to an activating group) is 1. The fourth-order valence-corrected chi connectivity index (χ4v) is 2.68. The molecule has 1 aliphatic heterocycles. The summed E-state index contributed by atoms with van der Waals surface area (Å²) in [6.07, 6.45) is 3.50. The van der Waals surface area contributed by atoms with E-state index in [1.165, 1.54) is 0 Å². The van der Waals surface area contributed by atoms with E-state index in [1.54, 1.807) is 7.05 Å². The van der Waals surface area contributed by atoms with Crippen molar-refractivity contribution in [1.82, 2.24) is 5.32 Å². The molecule has 1 aromatic rings. The average Bonchev–Trinajstić information content (AvgIpc) is 2.58. The SMILES string of the molecule is CNC(=O)C1=C[C@H](c2ccc(Br)cc2)C[C@H](OCCCCO)O1. The van der Waals surface area contributed by atoms with Crippen molar-refractivity contribution in [2.24, 2.45) is 0 Å². The van der Waals surface area contributed by atoms with Gasteiger partial charge in [-0.25, -0.2) is 0 Å². The number of aliphatic hydroxyl groups is 1. The third kappa shape index (κ3) is 5.34. The zero-order valence-corrected chi connectivity index (χ0v) is 14.7. The second-order valence-electron chi connectivity index (χ2n) is 5.35. The Morgan fingerprint density at radius 3 is 2.78 bits per heavy atom. The van der Waals surface area contributed by atoms with Crippen LogP contribution >= 0.6 is 15.9 Å². The van der Waals surface area contributed by atoms with Crippen molar-refractivity contribution >= 4 is 21.8 Å². The quantitative estimate of drug-likeness (QED) is 0.710. The molecule has 1 aliphatic rings. The molecule has 0 saturated carbocycles. The smallest absolute Gasteiger partial charge is 0.285 e. The molecule has 6 heteroatoms. The van der Waals surface area contributed by atoms with Crippen molar-refractivity contribution in [3.05, 3.63) is 46.1 Å². The maximum absolute atomic E-state index is 11.9. The lowest BCUT2D eigenvalue weighted by Crippen LogP contribution is -2.31. The first-order valence-corrected chi connectivity index (χ1v) is 8.52. The minimum atomic E-state index is -0.459. The number of hydrogen-bond acceptors (Lipinski definition) is 4. The van der Waals surface area contributed by atoms with E-state index in [0.717, 1.165) is 16.5 Å². The van der Waals surface area contributed by atoms with Crippen LogP contribution in [0.3, 0.4) is 0 Å². The van der Waals surface area contributed by atoms with Gasteiger partial charge in [0.2, 0.25) is 6.29 Å². The number of amides is 1. The van der Waals surface area contributed by atoms with Gasteiger partial charge in [0.25, 0.3) is 5.91 Å². The molecule has 0 bridgehead atoms. The highest BCUT2D eigenvalue weighted by Gasteiger charge is 2.28. The van der Waals surface area contributed by atoms with E-state index in [9.17, 15) is 4.79 Å². The van der Waals surface area contributed by atoms with Crippen LogP contribution in [0.25, 0.3) is 0 Å². The molecule has 0 spiro atoms. The van der Waals surface area contributed by atoms with Crippen LogP contribution in [0.2, 0.25) is 0 Å². The highest BCUT2D eigenvalue weighted by Crippen LogP contribution is 2.32. The zero-order chi connectivity index (χ0) is 16.7. The van der Waals surface area contributed by atoms with Gasteiger partial charge in [-0.15, -0.1) is 0 Å². The van der Waals surface area contributed by atoms with Crippen molar-refractivity contribution in [2.75, 3.05) is 20.3 Å². The van der Waals surface area contributed by atoms with Crippen molar-refractivity contribution in [3.8, 4) is 0 Å². The fourth-order valence-electron chi connectivity index (χ4n) is 2.41. The molecule has 0 unspecified atom stereocenters. The number of benzene rings is 1. The number of ether oxygens (including phenoxy) is 2. The van der Waals surface area contributed by atoms with Gasteiger partial charge in [0, 0.05) is 30.5 Å². The molecule has 1 heterocycles. The number of aliphatic hydroxyl groups excluding tert-OH is 1. The highest BCUT2D eigenvalue weighted by molar-refractivity contribution is 9.10. The Labute approximate surface area is 144 Å². The van der Waals surface area contributed by atoms with Crippen LogP contribution in [-0.4, -0.2) is 37.6 Å². The maximum atomic E-state index is 11.9. The van der Waals surface area contributed by atoms with E-state index >= 15 is 0 Å². The van der Waals surface area contributed by atoms with Crippen LogP contribution in [0.15, 0.2) is 40.6 Å². The highest BCUT2D eigenvalue weighted by atomic mass is 79.9. The Bertz CT molecular complexity index is 544. The summed E-state index contributed by atoms with van der Waals surface area (Å²) in [4.78, 5) is 11.9. The summed E-state index contributed by atoms with van der Waals surface area (Å²) in [5.74, 6) is 0.0987. The Hall–Kier alpha value is -1.37.